The van der Waals surface area contributed by atoms with Gasteiger partial charge in [-0.15, -0.1) is 11.8 Å². The summed E-state index contributed by atoms with van der Waals surface area (Å²) in [5.74, 6) is 0.533. The smallest absolute Gasteiger partial charge is 0.247 e. The second kappa shape index (κ2) is 8.74. The van der Waals surface area contributed by atoms with Crippen molar-refractivity contribution in [1.29, 1.82) is 0 Å². The second-order valence-electron chi connectivity index (χ2n) is 7.93. The molecule has 1 atom stereocenters. The first-order valence-electron chi connectivity index (χ1n) is 10.6. The number of anilines is 2. The Balaban J connectivity index is 1.17. The van der Waals surface area contributed by atoms with Crippen LogP contribution in [-0.2, 0) is 14.4 Å². The first kappa shape index (κ1) is 20.7. The molecule has 32 heavy (non-hydrogen) atoms. The summed E-state index contributed by atoms with van der Waals surface area (Å²) >= 11 is 1.28. The molecule has 0 spiro atoms. The van der Waals surface area contributed by atoms with E-state index in [1.165, 1.54) is 11.8 Å². The number of carbonyl (C=O) groups excluding carboxylic acids is 3. The summed E-state index contributed by atoms with van der Waals surface area (Å²) in [4.78, 5) is 40.8. The van der Waals surface area contributed by atoms with E-state index in [1.807, 2.05) is 24.3 Å². The van der Waals surface area contributed by atoms with Crippen LogP contribution in [0, 0.1) is 5.92 Å². The Morgan fingerprint density at radius 1 is 1.03 bits per heavy atom. The molecule has 5 rings (SSSR count). The fourth-order valence-electron chi connectivity index (χ4n) is 4.11. The van der Waals surface area contributed by atoms with Crippen molar-refractivity contribution in [3.8, 4) is 11.5 Å². The van der Waals surface area contributed by atoms with E-state index >= 15 is 0 Å². The lowest BCUT2D eigenvalue weighted by atomic mass is 9.95. The standard InChI is InChI=1S/C23H23N3O5S/c27-21(24-15-5-6-17-18(13-15)31-12-11-30-17)14-7-9-26(10-8-14)23(29)20-22(28)25-16-3-1-2-4-19(16)32-20/h1-6,13-14,20H,7-12H2,(H,24,27)(H,25,28). The summed E-state index contributed by atoms with van der Waals surface area (Å²) in [6.45, 7) is 1.90. The van der Waals surface area contributed by atoms with Crippen LogP contribution in [0.1, 0.15) is 12.8 Å². The van der Waals surface area contributed by atoms with Crippen LogP contribution in [0.2, 0.25) is 0 Å². The maximum Gasteiger partial charge on any atom is 0.247 e. The van der Waals surface area contributed by atoms with E-state index in [2.05, 4.69) is 10.6 Å². The number of rotatable bonds is 3. The van der Waals surface area contributed by atoms with Crippen molar-refractivity contribution in [3.05, 3.63) is 42.5 Å². The zero-order valence-corrected chi connectivity index (χ0v) is 18.2. The fraction of sp³-hybridized carbons (Fsp3) is 0.348. The third-order valence-corrected chi connectivity index (χ3v) is 7.10. The lowest BCUT2D eigenvalue weighted by Gasteiger charge is -2.34. The minimum atomic E-state index is -0.798. The number of hydrogen-bond acceptors (Lipinski definition) is 6. The van der Waals surface area contributed by atoms with Crippen molar-refractivity contribution in [2.75, 3.05) is 36.9 Å². The summed E-state index contributed by atoms with van der Waals surface area (Å²) in [5.41, 5.74) is 1.40. The minimum absolute atomic E-state index is 0.0764. The second-order valence-corrected chi connectivity index (χ2v) is 9.08. The number of piperidine rings is 1. The SMILES string of the molecule is O=C(Nc1ccc2c(c1)OCCO2)C1CCN(C(=O)C2Sc3ccccc3NC2=O)CC1. The van der Waals surface area contributed by atoms with Gasteiger partial charge in [0.1, 0.15) is 13.2 Å². The molecule has 3 heterocycles. The van der Waals surface area contributed by atoms with Crippen LogP contribution in [0.4, 0.5) is 11.4 Å². The molecule has 3 aliphatic rings. The number of carbonyl (C=O) groups is 3. The Labute approximate surface area is 189 Å². The molecule has 0 bridgehead atoms. The predicted molar refractivity (Wildman–Crippen MR) is 120 cm³/mol. The molecule has 8 nitrogen and oxygen atoms in total. The molecular formula is C23H23N3O5S. The molecule has 1 saturated heterocycles. The Morgan fingerprint density at radius 2 is 1.78 bits per heavy atom. The van der Waals surface area contributed by atoms with Gasteiger partial charge in [-0.3, -0.25) is 14.4 Å². The molecule has 0 aliphatic carbocycles. The monoisotopic (exact) mass is 453 g/mol. The molecule has 0 saturated carbocycles. The van der Waals surface area contributed by atoms with E-state index in [-0.39, 0.29) is 23.6 Å². The highest BCUT2D eigenvalue weighted by molar-refractivity contribution is 8.01. The molecule has 1 fully saturated rings. The van der Waals surface area contributed by atoms with E-state index in [1.54, 1.807) is 23.1 Å². The number of para-hydroxylation sites is 1. The third-order valence-electron chi connectivity index (χ3n) is 5.84. The van der Waals surface area contributed by atoms with Crippen molar-refractivity contribution < 1.29 is 23.9 Å². The van der Waals surface area contributed by atoms with Crippen LogP contribution in [0.15, 0.2) is 47.4 Å². The van der Waals surface area contributed by atoms with E-state index in [0.29, 0.717) is 56.3 Å². The summed E-state index contributed by atoms with van der Waals surface area (Å²) < 4.78 is 11.1. The van der Waals surface area contributed by atoms with Gasteiger partial charge in [-0.2, -0.15) is 0 Å². The average Bonchev–Trinajstić information content (AvgIpc) is 2.83. The maximum absolute atomic E-state index is 13.0. The lowest BCUT2D eigenvalue weighted by Crippen LogP contribution is -2.48. The number of benzene rings is 2. The molecule has 2 aromatic rings. The van der Waals surface area contributed by atoms with Crippen LogP contribution >= 0.6 is 11.8 Å². The van der Waals surface area contributed by atoms with Crippen LogP contribution in [0.3, 0.4) is 0 Å². The van der Waals surface area contributed by atoms with Crippen LogP contribution < -0.4 is 20.1 Å². The molecule has 3 aliphatic heterocycles. The Morgan fingerprint density at radius 3 is 2.59 bits per heavy atom. The number of fused-ring (bicyclic) bond motifs is 2. The number of nitrogens with one attached hydrogen (secondary N) is 2. The van der Waals surface area contributed by atoms with Crippen molar-refractivity contribution in [3.63, 3.8) is 0 Å². The predicted octanol–water partition coefficient (Wildman–Crippen LogP) is 2.75. The lowest BCUT2D eigenvalue weighted by molar-refractivity contribution is -0.136. The first-order valence-corrected chi connectivity index (χ1v) is 11.5. The molecule has 9 heteroatoms. The highest BCUT2D eigenvalue weighted by Gasteiger charge is 2.37. The number of nitrogens with zero attached hydrogens (tertiary/aromatic N) is 1. The zero-order valence-electron chi connectivity index (χ0n) is 17.3. The van der Waals surface area contributed by atoms with E-state index in [4.69, 9.17) is 9.47 Å². The highest BCUT2D eigenvalue weighted by atomic mass is 32.2. The summed E-state index contributed by atoms with van der Waals surface area (Å²) in [6, 6.07) is 12.8. The van der Waals surface area contributed by atoms with Gasteiger partial charge in [-0.1, -0.05) is 12.1 Å². The normalized spacial score (nSPS) is 20.2. The molecule has 2 N–H and O–H groups in total. The highest BCUT2D eigenvalue weighted by Crippen LogP contribution is 2.37. The minimum Gasteiger partial charge on any atom is -0.486 e. The number of hydrogen-bond donors (Lipinski definition) is 2. The van der Waals surface area contributed by atoms with Gasteiger partial charge in [0.25, 0.3) is 0 Å². The van der Waals surface area contributed by atoms with Gasteiger partial charge in [-0.05, 0) is 37.1 Å². The van der Waals surface area contributed by atoms with E-state index < -0.39 is 5.25 Å². The summed E-state index contributed by atoms with van der Waals surface area (Å²) in [5, 5.41) is 4.96. The van der Waals surface area contributed by atoms with Crippen LogP contribution in [0.25, 0.3) is 0 Å². The van der Waals surface area contributed by atoms with Crippen molar-refractivity contribution in [2.24, 2.45) is 5.92 Å². The Kier molecular flexibility index (Phi) is 5.65. The van der Waals surface area contributed by atoms with Crippen LogP contribution in [0.5, 0.6) is 11.5 Å². The summed E-state index contributed by atoms with van der Waals surface area (Å²) in [7, 11) is 0. The van der Waals surface area contributed by atoms with Gasteiger partial charge in [0, 0.05) is 35.7 Å². The van der Waals surface area contributed by atoms with Gasteiger partial charge < -0.3 is 25.0 Å². The molecule has 1 unspecified atom stereocenters. The Bertz CT molecular complexity index is 1070. The number of amides is 3. The van der Waals surface area contributed by atoms with Gasteiger partial charge in [0.15, 0.2) is 16.7 Å². The van der Waals surface area contributed by atoms with Gasteiger partial charge in [0.05, 0.1) is 5.69 Å². The topological polar surface area (TPSA) is 97.0 Å². The summed E-state index contributed by atoms with van der Waals surface area (Å²) in [6.07, 6.45) is 1.11. The fourth-order valence-corrected chi connectivity index (χ4v) is 5.18. The third kappa shape index (κ3) is 4.12. The molecule has 2 aromatic carbocycles. The number of likely N-dealkylation sites (tertiary alicyclic amines) is 1. The quantitative estimate of drug-likeness (QED) is 0.694. The Hall–Kier alpha value is -3.20. The van der Waals surface area contributed by atoms with Gasteiger partial charge in [0.2, 0.25) is 17.7 Å². The van der Waals surface area contributed by atoms with E-state index in [0.717, 1.165) is 10.6 Å². The van der Waals surface area contributed by atoms with Gasteiger partial charge in [-0.25, -0.2) is 0 Å². The molecule has 0 radical (unpaired) electrons. The zero-order chi connectivity index (χ0) is 22.1. The largest absolute Gasteiger partial charge is 0.486 e. The molecule has 3 amide bonds. The molecular weight excluding hydrogens is 430 g/mol. The molecule has 0 aromatic heterocycles. The first-order chi connectivity index (χ1) is 15.6. The van der Waals surface area contributed by atoms with Crippen molar-refractivity contribution in [1.82, 2.24) is 4.90 Å². The maximum atomic E-state index is 13.0. The van der Waals surface area contributed by atoms with Crippen LogP contribution in [-0.4, -0.2) is 54.2 Å². The van der Waals surface area contributed by atoms with Gasteiger partial charge >= 0.3 is 0 Å². The average molecular weight is 454 g/mol. The molecule has 166 valence electrons. The number of thioether (sulfide) groups is 1. The number of ether oxygens (including phenoxy) is 2. The van der Waals surface area contributed by atoms with Crippen molar-refractivity contribution in [2.45, 2.75) is 23.0 Å². The van der Waals surface area contributed by atoms with Crippen molar-refractivity contribution >= 4 is 40.9 Å². The van der Waals surface area contributed by atoms with E-state index in [9.17, 15) is 14.4 Å².